The Morgan fingerprint density at radius 2 is 0.506 bits per heavy atom. The molecule has 0 bridgehead atoms. The normalized spacial score (nSPS) is 12.7. The van der Waals surface area contributed by atoms with Gasteiger partial charge in [0.05, 0.1) is 0 Å². The van der Waals surface area contributed by atoms with Crippen LogP contribution in [0.4, 0.5) is 0 Å². The van der Waals surface area contributed by atoms with Crippen LogP contribution < -0.4 is 0 Å². The molecule has 0 fully saturated rings. The Balaban J connectivity index is 4.09. The number of hydrogen-bond donors (Lipinski definition) is 0. The van der Waals surface area contributed by atoms with Crippen molar-refractivity contribution in [2.45, 2.75) is 322 Å². The maximum atomic E-state index is 12.9. The van der Waals surface area contributed by atoms with Crippen LogP contribution in [-0.4, -0.2) is 37.2 Å². The zero-order valence-corrected chi connectivity index (χ0v) is 50.7. The number of carbonyl (C=O) groups is 3. The van der Waals surface area contributed by atoms with Gasteiger partial charge in [-0.2, -0.15) is 0 Å². The van der Waals surface area contributed by atoms with Gasteiger partial charge in [0.2, 0.25) is 0 Å². The van der Waals surface area contributed by atoms with E-state index in [1.165, 1.54) is 173 Å². The van der Waals surface area contributed by atoms with Gasteiger partial charge in [0, 0.05) is 19.3 Å². The molecule has 1 unspecified atom stereocenters. The van der Waals surface area contributed by atoms with Crippen LogP contribution >= 0.6 is 0 Å². The van der Waals surface area contributed by atoms with Crippen LogP contribution in [0.1, 0.15) is 316 Å². The maximum Gasteiger partial charge on any atom is 0.306 e. The molecule has 77 heavy (non-hydrogen) atoms. The summed E-state index contributed by atoms with van der Waals surface area (Å²) < 4.78 is 16.8. The van der Waals surface area contributed by atoms with E-state index < -0.39 is 6.10 Å². The SMILES string of the molecule is CC/C=C\C/C=C\C/C=C\C/C=C\C/C=C\C/C=C\C/C=C\CCCCCCCCCCCCCC(=O)OCC(COC(=O)CCCCCCCCC)OC(=O)CCCCCCCCCCC/C=C\CCCCCCCC. The fourth-order valence-corrected chi connectivity index (χ4v) is 9.18. The molecule has 0 aliphatic rings. The molecule has 1 atom stereocenters. The van der Waals surface area contributed by atoms with Gasteiger partial charge in [0.25, 0.3) is 0 Å². The van der Waals surface area contributed by atoms with Gasteiger partial charge >= 0.3 is 17.9 Å². The lowest BCUT2D eigenvalue weighted by atomic mass is 10.0. The van der Waals surface area contributed by atoms with E-state index in [1.807, 2.05) is 0 Å². The summed E-state index contributed by atoms with van der Waals surface area (Å²) in [4.78, 5) is 38.1. The second-order valence-electron chi connectivity index (χ2n) is 21.6. The van der Waals surface area contributed by atoms with Gasteiger partial charge in [-0.25, -0.2) is 0 Å². The summed E-state index contributed by atoms with van der Waals surface area (Å²) in [5, 5.41) is 0. The fraction of sp³-hybridized carbons (Fsp3) is 0.732. The fourth-order valence-electron chi connectivity index (χ4n) is 9.18. The third kappa shape index (κ3) is 63.0. The number of unbranched alkanes of at least 4 members (excludes halogenated alkanes) is 32. The first-order valence-corrected chi connectivity index (χ1v) is 32.7. The largest absolute Gasteiger partial charge is 0.462 e. The standard InChI is InChI=1S/C71H122O6/c1-4-7-10-13-16-18-20-22-24-26-28-29-30-31-32-33-34-35-36-37-38-39-40-41-43-44-46-48-50-52-55-58-61-64-70(73)76-67-68(66-75-69(72)63-60-57-54-15-12-9-6-3)77-71(74)65-62-59-56-53-51-49-47-45-42-27-25-23-21-19-17-14-11-8-5-2/h7,10,16,18,22-25,28-29,31-32,34-35,37-38,68H,4-6,8-9,11-15,17,19-21,26-27,30,33,36,39-67H2,1-3H3/b10-7-,18-16-,24-22-,25-23-,29-28-,32-31-,35-34-,38-37-. The van der Waals surface area contributed by atoms with E-state index >= 15 is 0 Å². The summed E-state index contributed by atoms with van der Waals surface area (Å²) in [6.07, 6.45) is 87.3. The number of hydrogen-bond acceptors (Lipinski definition) is 6. The lowest BCUT2D eigenvalue weighted by Gasteiger charge is -2.18. The van der Waals surface area contributed by atoms with Crippen LogP contribution in [0, 0.1) is 0 Å². The Bertz CT molecular complexity index is 1510. The van der Waals surface area contributed by atoms with Crippen molar-refractivity contribution in [1.29, 1.82) is 0 Å². The van der Waals surface area contributed by atoms with E-state index in [9.17, 15) is 14.4 Å². The minimum absolute atomic E-state index is 0.0759. The summed E-state index contributed by atoms with van der Waals surface area (Å²) in [6.45, 7) is 6.50. The quantitative estimate of drug-likeness (QED) is 0.0261. The van der Waals surface area contributed by atoms with E-state index in [1.54, 1.807) is 0 Å². The van der Waals surface area contributed by atoms with Crippen molar-refractivity contribution in [3.8, 4) is 0 Å². The lowest BCUT2D eigenvalue weighted by molar-refractivity contribution is -0.167. The first kappa shape index (κ1) is 73.3. The molecule has 442 valence electrons. The minimum atomic E-state index is -0.776. The third-order valence-electron chi connectivity index (χ3n) is 14.1. The van der Waals surface area contributed by atoms with Gasteiger partial charge in [-0.3, -0.25) is 14.4 Å². The van der Waals surface area contributed by atoms with E-state index in [0.29, 0.717) is 19.3 Å². The summed E-state index contributed by atoms with van der Waals surface area (Å²) in [6, 6.07) is 0. The van der Waals surface area contributed by atoms with Crippen molar-refractivity contribution in [2.24, 2.45) is 0 Å². The van der Waals surface area contributed by atoms with Gasteiger partial charge in [-0.05, 0) is 103 Å². The molecular weight excluding hydrogens is 949 g/mol. The highest BCUT2D eigenvalue weighted by Gasteiger charge is 2.19. The van der Waals surface area contributed by atoms with Crippen LogP contribution in [0.25, 0.3) is 0 Å². The smallest absolute Gasteiger partial charge is 0.306 e. The molecule has 0 spiro atoms. The predicted octanol–water partition coefficient (Wildman–Crippen LogP) is 22.4. The Morgan fingerprint density at radius 3 is 0.805 bits per heavy atom. The molecule has 0 N–H and O–H groups in total. The highest BCUT2D eigenvalue weighted by molar-refractivity contribution is 5.71. The van der Waals surface area contributed by atoms with Gasteiger partial charge < -0.3 is 14.2 Å². The Hall–Kier alpha value is -3.67. The molecule has 0 aromatic heterocycles. The summed E-state index contributed by atoms with van der Waals surface area (Å²) in [5.41, 5.74) is 0. The molecule has 0 amide bonds. The zero-order valence-electron chi connectivity index (χ0n) is 50.7. The predicted molar refractivity (Wildman–Crippen MR) is 334 cm³/mol. The number of ether oxygens (including phenoxy) is 3. The number of allylic oxidation sites excluding steroid dienone is 16. The highest BCUT2D eigenvalue weighted by Crippen LogP contribution is 2.16. The van der Waals surface area contributed by atoms with E-state index in [4.69, 9.17) is 14.2 Å². The average Bonchev–Trinajstić information content (AvgIpc) is 3.43. The Labute approximate surface area is 477 Å². The monoisotopic (exact) mass is 1070 g/mol. The van der Waals surface area contributed by atoms with Crippen molar-refractivity contribution >= 4 is 17.9 Å². The van der Waals surface area contributed by atoms with Crippen LogP contribution in [0.3, 0.4) is 0 Å². The van der Waals surface area contributed by atoms with Gasteiger partial charge in [0.1, 0.15) is 13.2 Å². The van der Waals surface area contributed by atoms with Crippen LogP contribution in [0.15, 0.2) is 97.2 Å². The molecule has 6 heteroatoms. The van der Waals surface area contributed by atoms with E-state index in [-0.39, 0.29) is 31.1 Å². The van der Waals surface area contributed by atoms with Gasteiger partial charge in [0.15, 0.2) is 6.10 Å². The first-order chi connectivity index (χ1) is 38.0. The minimum Gasteiger partial charge on any atom is -0.462 e. The third-order valence-corrected chi connectivity index (χ3v) is 14.1. The second kappa shape index (κ2) is 64.9. The van der Waals surface area contributed by atoms with Gasteiger partial charge in [-0.1, -0.05) is 291 Å². The van der Waals surface area contributed by atoms with Crippen molar-refractivity contribution in [3.05, 3.63) is 97.2 Å². The van der Waals surface area contributed by atoms with Crippen LogP contribution in [0.2, 0.25) is 0 Å². The van der Waals surface area contributed by atoms with Crippen molar-refractivity contribution < 1.29 is 28.6 Å². The molecular formula is C71H122O6. The lowest BCUT2D eigenvalue weighted by Crippen LogP contribution is -2.30. The van der Waals surface area contributed by atoms with E-state index in [0.717, 1.165) is 103 Å². The van der Waals surface area contributed by atoms with Gasteiger partial charge in [-0.15, -0.1) is 0 Å². The Morgan fingerprint density at radius 1 is 0.273 bits per heavy atom. The second-order valence-corrected chi connectivity index (χ2v) is 21.6. The van der Waals surface area contributed by atoms with Crippen molar-refractivity contribution in [1.82, 2.24) is 0 Å². The maximum absolute atomic E-state index is 12.9. The molecule has 0 aliphatic carbocycles. The Kier molecular flexibility index (Phi) is 61.8. The molecule has 0 rings (SSSR count). The molecule has 0 aromatic carbocycles. The summed E-state index contributed by atoms with van der Waals surface area (Å²) in [7, 11) is 0. The molecule has 0 saturated heterocycles. The summed E-state index contributed by atoms with van der Waals surface area (Å²) in [5.74, 6) is -0.878. The molecule has 0 saturated carbocycles. The zero-order chi connectivity index (χ0) is 55.7. The van der Waals surface area contributed by atoms with Crippen LogP contribution in [-0.2, 0) is 28.6 Å². The molecule has 0 radical (unpaired) electrons. The topological polar surface area (TPSA) is 78.9 Å². The average molecular weight is 1070 g/mol. The molecule has 0 aromatic rings. The molecule has 6 nitrogen and oxygen atoms in total. The first-order valence-electron chi connectivity index (χ1n) is 32.7. The number of esters is 3. The summed E-state index contributed by atoms with van der Waals surface area (Å²) >= 11 is 0. The number of rotatable bonds is 59. The van der Waals surface area contributed by atoms with E-state index in [2.05, 4.69) is 118 Å². The molecule has 0 heterocycles. The van der Waals surface area contributed by atoms with Crippen molar-refractivity contribution in [2.75, 3.05) is 13.2 Å². The number of carbonyl (C=O) groups excluding carboxylic acids is 3. The highest BCUT2D eigenvalue weighted by atomic mass is 16.6. The van der Waals surface area contributed by atoms with Crippen molar-refractivity contribution in [3.63, 3.8) is 0 Å². The van der Waals surface area contributed by atoms with Crippen LogP contribution in [0.5, 0.6) is 0 Å². The molecule has 0 aliphatic heterocycles.